The molecule has 0 aliphatic rings. The molecule has 0 bridgehead atoms. The van der Waals surface area contributed by atoms with Gasteiger partial charge in [0.15, 0.2) is 0 Å². The largest absolute Gasteiger partial charge is 0.444 e. The predicted molar refractivity (Wildman–Crippen MR) is 184 cm³/mol. The van der Waals surface area contributed by atoms with Gasteiger partial charge in [0.05, 0.1) is 29.8 Å². The first-order chi connectivity index (χ1) is 23.0. The van der Waals surface area contributed by atoms with Gasteiger partial charge in [0.1, 0.15) is 11.4 Å². The van der Waals surface area contributed by atoms with Gasteiger partial charge in [-0.05, 0) is 88.1 Å². The van der Waals surface area contributed by atoms with Crippen molar-refractivity contribution >= 4 is 27.9 Å². The second kappa shape index (κ2) is 13.6. The molecule has 0 fully saturated rings. The first kappa shape index (κ1) is 32.9. The first-order valence-electron chi connectivity index (χ1n) is 16.2. The molecule has 0 aliphatic carbocycles. The number of halogens is 3. The Hall–Kier alpha value is -5.05. The normalized spacial score (nSPS) is 11.8. The van der Waals surface area contributed by atoms with E-state index in [1.54, 1.807) is 31.5 Å². The first-order valence-corrected chi connectivity index (χ1v) is 16.2. The van der Waals surface area contributed by atoms with Gasteiger partial charge in [-0.1, -0.05) is 54.6 Å². The standard InChI is InChI=1S/C39H39F3N4O2/c1-26-11-8-9-14-30(26)35-24-31-33(17-18-34-36(31)37(42)43-46(34)29-12-6-5-7-13-29)45(35)25-28-16-15-27(23-32(28)41)19-22-44(21-10-20-40)38(47)48-39(2,3)4/h5-9,11-18,23-24H,10,19-22,25H2,1-4H3. The molecule has 248 valence electrons. The number of alkyl halides is 1. The van der Waals surface area contributed by atoms with Crippen molar-refractivity contribution in [2.45, 2.75) is 52.7 Å². The smallest absolute Gasteiger partial charge is 0.410 e. The number of benzene rings is 4. The number of nitrogens with zero attached hydrogens (tertiary/aromatic N) is 4. The van der Waals surface area contributed by atoms with E-state index in [2.05, 4.69) is 5.10 Å². The zero-order chi connectivity index (χ0) is 34.0. The highest BCUT2D eigenvalue weighted by molar-refractivity contribution is 6.08. The summed E-state index contributed by atoms with van der Waals surface area (Å²) < 4.78 is 53.6. The van der Waals surface area contributed by atoms with Gasteiger partial charge in [-0.25, -0.2) is 13.9 Å². The van der Waals surface area contributed by atoms with Gasteiger partial charge in [0, 0.05) is 40.8 Å². The number of para-hydroxylation sites is 1. The Labute approximate surface area is 278 Å². The fraction of sp³-hybridized carbons (Fsp3) is 0.282. The third-order valence-corrected chi connectivity index (χ3v) is 8.44. The van der Waals surface area contributed by atoms with Crippen LogP contribution in [-0.2, 0) is 17.7 Å². The van der Waals surface area contributed by atoms with Crippen LogP contribution in [0.5, 0.6) is 0 Å². The quantitative estimate of drug-likeness (QED) is 0.148. The van der Waals surface area contributed by atoms with Crippen LogP contribution in [0, 0.1) is 18.7 Å². The predicted octanol–water partition coefficient (Wildman–Crippen LogP) is 9.42. The number of carbonyl (C=O) groups excluding carboxylic acids is 1. The van der Waals surface area contributed by atoms with Crippen molar-refractivity contribution in [2.24, 2.45) is 0 Å². The molecule has 9 heteroatoms. The molecule has 48 heavy (non-hydrogen) atoms. The molecule has 0 aliphatic heterocycles. The van der Waals surface area contributed by atoms with Crippen molar-refractivity contribution in [3.8, 4) is 16.9 Å². The van der Waals surface area contributed by atoms with Gasteiger partial charge in [-0.2, -0.15) is 4.39 Å². The number of aromatic nitrogens is 3. The fourth-order valence-corrected chi connectivity index (χ4v) is 6.11. The van der Waals surface area contributed by atoms with Gasteiger partial charge in [0.2, 0.25) is 5.95 Å². The van der Waals surface area contributed by atoms with Crippen molar-refractivity contribution in [3.63, 3.8) is 0 Å². The van der Waals surface area contributed by atoms with Crippen molar-refractivity contribution in [1.29, 1.82) is 0 Å². The molecule has 1 amide bonds. The summed E-state index contributed by atoms with van der Waals surface area (Å²) in [6, 6.07) is 28.2. The van der Waals surface area contributed by atoms with Crippen LogP contribution in [0.2, 0.25) is 0 Å². The van der Waals surface area contributed by atoms with Crippen molar-refractivity contribution in [2.75, 3.05) is 19.8 Å². The Morgan fingerprint density at radius 2 is 1.62 bits per heavy atom. The van der Waals surface area contributed by atoms with Crippen LogP contribution in [0.1, 0.15) is 43.9 Å². The summed E-state index contributed by atoms with van der Waals surface area (Å²) in [6.07, 6.45) is 0.0620. The van der Waals surface area contributed by atoms with E-state index in [0.717, 1.165) is 28.0 Å². The fourth-order valence-electron chi connectivity index (χ4n) is 6.11. The zero-order valence-corrected chi connectivity index (χ0v) is 27.6. The highest BCUT2D eigenvalue weighted by Crippen LogP contribution is 2.37. The lowest BCUT2D eigenvalue weighted by Gasteiger charge is -2.27. The van der Waals surface area contributed by atoms with Crippen LogP contribution in [-0.4, -0.2) is 50.7 Å². The molecule has 0 N–H and O–H groups in total. The minimum Gasteiger partial charge on any atom is -0.444 e. The summed E-state index contributed by atoms with van der Waals surface area (Å²) >= 11 is 0. The number of amides is 1. The van der Waals surface area contributed by atoms with Gasteiger partial charge in [0.25, 0.3) is 0 Å². The van der Waals surface area contributed by atoms with Crippen LogP contribution >= 0.6 is 0 Å². The molecule has 0 atom stereocenters. The average Bonchev–Trinajstić information content (AvgIpc) is 3.59. The van der Waals surface area contributed by atoms with E-state index < -0.39 is 24.3 Å². The van der Waals surface area contributed by atoms with Crippen molar-refractivity contribution in [3.05, 3.63) is 119 Å². The Kier molecular flexibility index (Phi) is 9.31. The minimum absolute atomic E-state index is 0.198. The Morgan fingerprint density at radius 3 is 2.33 bits per heavy atom. The molecule has 0 radical (unpaired) electrons. The molecule has 0 spiro atoms. The van der Waals surface area contributed by atoms with Gasteiger partial charge in [-0.15, -0.1) is 5.10 Å². The van der Waals surface area contributed by atoms with Crippen molar-refractivity contribution in [1.82, 2.24) is 19.2 Å². The Morgan fingerprint density at radius 1 is 0.896 bits per heavy atom. The Bertz CT molecular complexity index is 2080. The molecular weight excluding hydrogens is 613 g/mol. The zero-order valence-electron chi connectivity index (χ0n) is 27.6. The van der Waals surface area contributed by atoms with Crippen LogP contribution in [0.15, 0.2) is 91.0 Å². The molecule has 2 aromatic heterocycles. The maximum absolute atomic E-state index is 15.8. The van der Waals surface area contributed by atoms with Crippen LogP contribution < -0.4 is 0 Å². The molecule has 2 heterocycles. The number of carbonyl (C=O) groups is 1. The van der Waals surface area contributed by atoms with E-state index in [-0.39, 0.29) is 31.9 Å². The van der Waals surface area contributed by atoms with E-state index in [1.165, 1.54) is 11.0 Å². The second-order valence-corrected chi connectivity index (χ2v) is 13.0. The number of ether oxygens (including phenoxy) is 1. The van der Waals surface area contributed by atoms with Crippen LogP contribution in [0.4, 0.5) is 18.0 Å². The lowest BCUT2D eigenvalue weighted by Crippen LogP contribution is -2.38. The maximum Gasteiger partial charge on any atom is 0.410 e. The van der Waals surface area contributed by atoms with E-state index in [1.807, 2.05) is 90.4 Å². The Balaban J connectivity index is 1.35. The van der Waals surface area contributed by atoms with Crippen LogP contribution in [0.25, 0.3) is 38.8 Å². The molecule has 4 aromatic carbocycles. The minimum atomic E-state index is -0.682. The van der Waals surface area contributed by atoms with Crippen LogP contribution in [0.3, 0.4) is 0 Å². The summed E-state index contributed by atoms with van der Waals surface area (Å²) in [5, 5.41) is 5.35. The molecular formula is C39H39F3N4O2. The summed E-state index contributed by atoms with van der Waals surface area (Å²) in [5.41, 5.74) is 5.49. The van der Waals surface area contributed by atoms with E-state index in [0.29, 0.717) is 33.8 Å². The number of fused-ring (bicyclic) bond motifs is 3. The number of hydrogen-bond donors (Lipinski definition) is 0. The second-order valence-electron chi connectivity index (χ2n) is 13.0. The van der Waals surface area contributed by atoms with Gasteiger partial charge >= 0.3 is 6.09 Å². The number of hydrogen-bond acceptors (Lipinski definition) is 3. The van der Waals surface area contributed by atoms with Gasteiger partial charge < -0.3 is 14.2 Å². The summed E-state index contributed by atoms with van der Waals surface area (Å²) in [4.78, 5) is 14.2. The maximum atomic E-state index is 15.8. The number of rotatable bonds is 10. The van der Waals surface area contributed by atoms with Gasteiger partial charge in [-0.3, -0.25) is 4.39 Å². The summed E-state index contributed by atoms with van der Waals surface area (Å²) in [7, 11) is 0. The highest BCUT2D eigenvalue weighted by atomic mass is 19.1. The third-order valence-electron chi connectivity index (χ3n) is 8.44. The molecule has 0 saturated heterocycles. The molecule has 6 aromatic rings. The summed E-state index contributed by atoms with van der Waals surface area (Å²) in [6.45, 7) is 7.50. The lowest BCUT2D eigenvalue weighted by atomic mass is 10.0. The highest BCUT2D eigenvalue weighted by Gasteiger charge is 2.23. The van der Waals surface area contributed by atoms with E-state index in [4.69, 9.17) is 4.74 Å². The molecule has 6 nitrogen and oxygen atoms in total. The summed E-state index contributed by atoms with van der Waals surface area (Å²) in [5.74, 6) is -0.961. The monoisotopic (exact) mass is 652 g/mol. The molecule has 0 saturated carbocycles. The van der Waals surface area contributed by atoms with E-state index >= 15 is 8.78 Å². The third kappa shape index (κ3) is 6.81. The average molecular weight is 653 g/mol. The van der Waals surface area contributed by atoms with Crippen molar-refractivity contribution < 1.29 is 22.7 Å². The molecule has 0 unspecified atom stereocenters. The lowest BCUT2D eigenvalue weighted by molar-refractivity contribution is 0.0247. The molecule has 6 rings (SSSR count). The number of aryl methyl sites for hydroxylation is 1. The topological polar surface area (TPSA) is 52.3 Å². The van der Waals surface area contributed by atoms with E-state index in [9.17, 15) is 9.18 Å². The SMILES string of the molecule is Cc1ccccc1-c1cc2c3c(F)nn(-c4ccccc4)c3ccc2n1Cc1ccc(CCN(CCCF)C(=O)OC(C)(C)C)cc1F.